The van der Waals surface area contributed by atoms with Gasteiger partial charge in [0.15, 0.2) is 0 Å². The molecule has 1 nitrogen and oxygen atoms in total. The molecule has 0 aromatic heterocycles. The zero-order valence-corrected chi connectivity index (χ0v) is 5.91. The van der Waals surface area contributed by atoms with Crippen molar-refractivity contribution in [3.63, 3.8) is 0 Å². The Hall–Kier alpha value is -0.400. The van der Waals surface area contributed by atoms with E-state index < -0.39 is 0 Å². The monoisotopic (exact) mass is 163 g/mol. The van der Waals surface area contributed by atoms with Crippen LogP contribution in [-0.2, 0) is 0 Å². The summed E-state index contributed by atoms with van der Waals surface area (Å²) in [6, 6.07) is 4.87. The Morgan fingerprint density at radius 3 is 2.78 bits per heavy atom. The third-order valence-corrected chi connectivity index (χ3v) is 1.72. The quantitative estimate of drug-likeness (QED) is 0.676. The second kappa shape index (κ2) is 2.46. The molecule has 48 valence electrons. The summed E-state index contributed by atoms with van der Waals surface area (Å²) in [5, 5.41) is 4.83. The fourth-order valence-electron chi connectivity index (χ4n) is 0.484. The summed E-state index contributed by atoms with van der Waals surface area (Å²) in [4.78, 5) is 0. The first-order valence-electron chi connectivity index (χ1n) is 2.73. The van der Waals surface area contributed by atoms with Crippen LogP contribution < -0.4 is 0 Å². The van der Waals surface area contributed by atoms with Gasteiger partial charge in [-0.25, -0.2) is 0 Å². The second-order valence-electron chi connectivity index (χ2n) is 1.55. The molecule has 1 aromatic carbocycles. The van der Waals surface area contributed by atoms with E-state index in [2.05, 4.69) is 5.11 Å². The Labute approximate surface area is 64.3 Å². The Bertz CT molecular complexity index is 239. The molecular formula is C6H4Cl2O. The highest BCUT2D eigenvalue weighted by Crippen LogP contribution is 2.29. The maximum Gasteiger partial charge on any atom is 0.293 e. The van der Waals surface area contributed by atoms with Gasteiger partial charge in [0.05, 0.1) is 5.02 Å². The first kappa shape index (κ1) is 5.39. The predicted octanol–water partition coefficient (Wildman–Crippen LogP) is 2.70. The number of benzene rings is 1. The van der Waals surface area contributed by atoms with Crippen LogP contribution in [-0.4, -0.2) is 6.54 Å². The number of phenols is 1. The van der Waals surface area contributed by atoms with Crippen molar-refractivity contribution in [3.8, 4) is 5.75 Å². The summed E-state index contributed by atoms with van der Waals surface area (Å²) < 4.78 is 6.54. The molecule has 1 aromatic rings. The summed E-state index contributed by atoms with van der Waals surface area (Å²) in [6.07, 6.45) is 0. The number of rotatable bonds is 1. The lowest BCUT2D eigenvalue weighted by molar-refractivity contribution is 0.475. The van der Waals surface area contributed by atoms with Crippen LogP contribution in [0.3, 0.4) is 0 Å². The standard InChI is InChI=1S/C6H4Cl2O/c7-4-2-1-3-5(9)6(4)8/h1-3,9H/i/hD. The normalized spacial score (nSPS) is 10.7. The molecule has 9 heavy (non-hydrogen) atoms. The van der Waals surface area contributed by atoms with Crippen LogP contribution in [0.25, 0.3) is 0 Å². The molecule has 0 saturated carbocycles. The topological polar surface area (TPSA) is 20.2 Å². The van der Waals surface area contributed by atoms with E-state index >= 15 is 0 Å². The van der Waals surface area contributed by atoms with E-state index in [1.165, 1.54) is 0 Å². The minimum Gasteiger partial charge on any atom is -0.506 e. The largest absolute Gasteiger partial charge is 0.506 e. The molecule has 0 aliphatic carbocycles. The maximum atomic E-state index is 6.54. The van der Waals surface area contributed by atoms with E-state index in [9.17, 15) is 0 Å². The van der Waals surface area contributed by atoms with Gasteiger partial charge in [0.2, 0.25) is 0 Å². The second-order valence-corrected chi connectivity index (χ2v) is 2.34. The SMILES string of the molecule is [2H]Oc1cccc(Cl)c1Cl. The van der Waals surface area contributed by atoms with Gasteiger partial charge < -0.3 is 5.11 Å². The summed E-state index contributed by atoms with van der Waals surface area (Å²) in [7, 11) is 0. The molecule has 0 radical (unpaired) electrons. The van der Waals surface area contributed by atoms with Gasteiger partial charge in [-0.3, -0.25) is 0 Å². The fourth-order valence-corrected chi connectivity index (χ4v) is 0.776. The fraction of sp³-hybridized carbons (Fsp3) is 0. The van der Waals surface area contributed by atoms with E-state index in [4.69, 9.17) is 24.6 Å². The van der Waals surface area contributed by atoms with E-state index in [0.29, 0.717) is 5.02 Å². The van der Waals surface area contributed by atoms with E-state index in [1.807, 2.05) is 0 Å². The van der Waals surface area contributed by atoms with Crippen LogP contribution in [0.15, 0.2) is 18.2 Å². The van der Waals surface area contributed by atoms with Crippen molar-refractivity contribution in [2.45, 2.75) is 0 Å². The first-order chi connectivity index (χ1) is 4.75. The molecule has 3 heteroatoms. The molecule has 0 aliphatic heterocycles. The van der Waals surface area contributed by atoms with Crippen molar-refractivity contribution in [2.75, 3.05) is 0 Å². The third-order valence-electron chi connectivity index (χ3n) is 0.916. The van der Waals surface area contributed by atoms with Gasteiger partial charge in [0.25, 0.3) is 1.43 Å². The van der Waals surface area contributed by atoms with Crippen molar-refractivity contribution in [1.29, 1.82) is 1.43 Å². The van der Waals surface area contributed by atoms with Gasteiger partial charge in [-0.1, -0.05) is 29.3 Å². The average molecular weight is 164 g/mol. The molecule has 0 fully saturated rings. The van der Waals surface area contributed by atoms with Crippen LogP contribution in [0.2, 0.25) is 10.0 Å². The number of halogens is 2. The number of hydrogen-bond acceptors (Lipinski definition) is 1. The van der Waals surface area contributed by atoms with Gasteiger partial charge in [0, 0.05) is 0 Å². The van der Waals surface area contributed by atoms with Gasteiger partial charge in [-0.05, 0) is 12.1 Å². The molecule has 0 atom stereocenters. The summed E-state index contributed by atoms with van der Waals surface area (Å²) in [5.74, 6) is 0.272. The summed E-state index contributed by atoms with van der Waals surface area (Å²) >= 11 is 11.2. The molecule has 1 N–H and O–H groups in total. The summed E-state index contributed by atoms with van der Waals surface area (Å²) in [5.41, 5.74) is 0. The molecule has 0 bridgehead atoms. The van der Waals surface area contributed by atoms with E-state index in [-0.39, 0.29) is 10.8 Å². The zero-order valence-electron chi connectivity index (χ0n) is 5.40. The van der Waals surface area contributed by atoms with Gasteiger partial charge in [0.1, 0.15) is 10.8 Å². The molecule has 0 saturated heterocycles. The van der Waals surface area contributed by atoms with Crippen molar-refractivity contribution in [3.05, 3.63) is 28.2 Å². The van der Waals surface area contributed by atoms with E-state index in [0.717, 1.165) is 0 Å². The minimum atomic E-state index is 0.272. The predicted molar refractivity (Wildman–Crippen MR) is 38.1 cm³/mol. The first-order valence-corrected chi connectivity index (χ1v) is 3.08. The Morgan fingerprint density at radius 1 is 1.44 bits per heavy atom. The lowest BCUT2D eigenvalue weighted by Gasteiger charge is -1.95. The number of hydrogen-bond donors (Lipinski definition) is 1. The van der Waals surface area contributed by atoms with Crippen molar-refractivity contribution in [2.24, 2.45) is 0 Å². The van der Waals surface area contributed by atoms with Crippen molar-refractivity contribution < 1.29 is 5.11 Å². The van der Waals surface area contributed by atoms with Crippen molar-refractivity contribution >= 4 is 23.2 Å². The van der Waals surface area contributed by atoms with Gasteiger partial charge in [-0.15, -0.1) is 0 Å². The van der Waals surface area contributed by atoms with Crippen LogP contribution in [0.5, 0.6) is 5.75 Å². The molecule has 1 rings (SSSR count). The molecule has 0 amide bonds. The molecule has 0 spiro atoms. The van der Waals surface area contributed by atoms with Crippen LogP contribution >= 0.6 is 23.2 Å². The highest BCUT2D eigenvalue weighted by atomic mass is 35.5. The number of phenolic OH excluding ortho intramolecular Hbond substituents is 1. The molecule has 0 unspecified atom stereocenters. The Morgan fingerprint density at radius 2 is 2.22 bits per heavy atom. The van der Waals surface area contributed by atoms with Gasteiger partial charge in [-0.2, -0.15) is 0 Å². The Kier molecular flexibility index (Phi) is 1.47. The van der Waals surface area contributed by atoms with Crippen LogP contribution in [0.1, 0.15) is 0 Å². The minimum absolute atomic E-state index is 0.272. The average Bonchev–Trinajstić information content (AvgIpc) is 1.95. The maximum absolute atomic E-state index is 6.54. The van der Waals surface area contributed by atoms with Crippen molar-refractivity contribution in [1.82, 2.24) is 0 Å². The van der Waals surface area contributed by atoms with Crippen LogP contribution in [0, 0.1) is 0 Å². The Balaban J connectivity index is 3.14. The highest BCUT2D eigenvalue weighted by molar-refractivity contribution is 6.42. The molecular weight excluding hydrogens is 159 g/mol. The zero-order chi connectivity index (χ0) is 7.56. The third kappa shape index (κ3) is 1.29. The lowest BCUT2D eigenvalue weighted by atomic mass is 10.3. The van der Waals surface area contributed by atoms with Crippen LogP contribution in [0.4, 0.5) is 0 Å². The lowest BCUT2D eigenvalue weighted by Crippen LogP contribution is -1.67. The smallest absolute Gasteiger partial charge is 0.293 e. The van der Waals surface area contributed by atoms with Gasteiger partial charge >= 0.3 is 0 Å². The number of aromatic hydroxyl groups is 1. The molecule has 0 heterocycles. The highest BCUT2D eigenvalue weighted by Gasteiger charge is 1.99. The van der Waals surface area contributed by atoms with E-state index in [1.54, 1.807) is 18.2 Å². The summed E-state index contributed by atoms with van der Waals surface area (Å²) in [6.45, 7) is 0. The molecule has 0 aliphatic rings.